The lowest BCUT2D eigenvalue weighted by molar-refractivity contribution is -0.741. The van der Waals surface area contributed by atoms with Crippen LogP contribution in [0.4, 0.5) is 0 Å². The molecule has 0 N–H and O–H groups in total. The van der Waals surface area contributed by atoms with Crippen molar-refractivity contribution in [3.05, 3.63) is 60.4 Å². The summed E-state index contributed by atoms with van der Waals surface area (Å²) in [5, 5.41) is 4.04. The summed E-state index contributed by atoms with van der Waals surface area (Å²) in [6, 6.07) is 12.9. The number of hydrogen-bond acceptors (Lipinski definition) is 2. The van der Waals surface area contributed by atoms with Gasteiger partial charge in [0.2, 0.25) is 12.3 Å². The molecule has 1 aromatic heterocycles. The number of ketones is 1. The van der Waals surface area contributed by atoms with Crippen molar-refractivity contribution in [3.8, 4) is 0 Å². The van der Waals surface area contributed by atoms with E-state index in [1.807, 2.05) is 42.5 Å². The van der Waals surface area contributed by atoms with E-state index in [9.17, 15) is 4.79 Å². The van der Waals surface area contributed by atoms with E-state index in [4.69, 9.17) is 0 Å². The van der Waals surface area contributed by atoms with Crippen LogP contribution in [0.1, 0.15) is 10.4 Å². The quantitative estimate of drug-likeness (QED) is 0.493. The fourth-order valence-electron chi connectivity index (χ4n) is 1.32. The van der Waals surface area contributed by atoms with Crippen LogP contribution in [-0.2, 0) is 6.54 Å². The van der Waals surface area contributed by atoms with Gasteiger partial charge in [-0.2, -0.15) is 0 Å². The number of Topliss-reactive ketones (excluding diaryl/α,β-unsaturated/α-hetero) is 1. The number of nitrogens with zero attached hydrogens (tertiary/aromatic N) is 2. The molecule has 0 saturated heterocycles. The zero-order valence-electron chi connectivity index (χ0n) is 8.58. The molecule has 0 aliphatic rings. The standard InChI is InChI=1S/C12H11N2O.BrH/c15-12(11-6-2-1-3-7-11)10-14-9-5-4-8-13-14;/h1-9H,10H2;1H/q+1;/p-1. The molecule has 1 aromatic carbocycles. The molecule has 0 fully saturated rings. The van der Waals surface area contributed by atoms with Gasteiger partial charge >= 0.3 is 0 Å². The smallest absolute Gasteiger partial charge is 0.236 e. The Morgan fingerprint density at radius 2 is 1.88 bits per heavy atom. The van der Waals surface area contributed by atoms with Crippen molar-refractivity contribution in [2.45, 2.75) is 6.54 Å². The second kappa shape index (κ2) is 6.12. The Morgan fingerprint density at radius 3 is 2.50 bits per heavy atom. The van der Waals surface area contributed by atoms with Crippen LogP contribution < -0.4 is 21.7 Å². The highest BCUT2D eigenvalue weighted by molar-refractivity contribution is 5.94. The van der Waals surface area contributed by atoms with Gasteiger partial charge in [-0.15, -0.1) is 0 Å². The van der Waals surface area contributed by atoms with Gasteiger partial charge in [0.25, 0.3) is 0 Å². The molecule has 0 unspecified atom stereocenters. The monoisotopic (exact) mass is 278 g/mol. The van der Waals surface area contributed by atoms with Crippen molar-refractivity contribution in [2.75, 3.05) is 0 Å². The van der Waals surface area contributed by atoms with Crippen LogP contribution >= 0.6 is 0 Å². The van der Waals surface area contributed by atoms with Gasteiger partial charge in [-0.3, -0.25) is 4.79 Å². The van der Waals surface area contributed by atoms with Gasteiger partial charge in [-0.25, -0.2) is 0 Å². The van der Waals surface area contributed by atoms with Crippen molar-refractivity contribution >= 4 is 5.78 Å². The fourth-order valence-corrected chi connectivity index (χ4v) is 1.32. The van der Waals surface area contributed by atoms with Crippen LogP contribution in [0.25, 0.3) is 0 Å². The van der Waals surface area contributed by atoms with E-state index < -0.39 is 0 Å². The summed E-state index contributed by atoms with van der Waals surface area (Å²) in [6.07, 6.45) is 3.44. The van der Waals surface area contributed by atoms with Crippen molar-refractivity contribution < 1.29 is 26.5 Å². The summed E-state index contributed by atoms with van der Waals surface area (Å²) in [6.45, 7) is 0.283. The van der Waals surface area contributed by atoms with Crippen LogP contribution in [0.3, 0.4) is 0 Å². The lowest BCUT2D eigenvalue weighted by Crippen LogP contribution is -3.00. The highest BCUT2D eigenvalue weighted by atomic mass is 79.9. The number of carbonyl (C=O) groups excluding carboxylic acids is 1. The lowest BCUT2D eigenvalue weighted by Gasteiger charge is -1.95. The van der Waals surface area contributed by atoms with Gasteiger partial charge in [-0.1, -0.05) is 35.0 Å². The van der Waals surface area contributed by atoms with Crippen molar-refractivity contribution in [1.82, 2.24) is 5.10 Å². The maximum absolute atomic E-state index is 11.8. The second-order valence-corrected chi connectivity index (χ2v) is 3.19. The SMILES string of the molecule is O=C(C[n+]1ccccn1)c1ccccc1.[Br-]. The number of hydrogen-bond donors (Lipinski definition) is 0. The molecule has 2 rings (SSSR count). The van der Waals surface area contributed by atoms with E-state index >= 15 is 0 Å². The van der Waals surface area contributed by atoms with Gasteiger partial charge in [0, 0.05) is 11.6 Å². The topological polar surface area (TPSA) is 33.8 Å². The van der Waals surface area contributed by atoms with E-state index in [0.29, 0.717) is 0 Å². The molecule has 0 spiro atoms. The summed E-state index contributed by atoms with van der Waals surface area (Å²) in [7, 11) is 0. The predicted molar refractivity (Wildman–Crippen MR) is 55.2 cm³/mol. The molecule has 82 valence electrons. The largest absolute Gasteiger partial charge is 1.00 e. The van der Waals surface area contributed by atoms with Gasteiger partial charge in [0.1, 0.15) is 0 Å². The molecule has 0 aliphatic heterocycles. The molecule has 0 saturated carbocycles. The zero-order valence-corrected chi connectivity index (χ0v) is 10.2. The Balaban J connectivity index is 0.00000128. The predicted octanol–water partition coefficient (Wildman–Crippen LogP) is -1.74. The Hall–Kier alpha value is -1.55. The number of carbonyl (C=O) groups is 1. The first-order valence-corrected chi connectivity index (χ1v) is 4.75. The van der Waals surface area contributed by atoms with Crippen molar-refractivity contribution in [3.63, 3.8) is 0 Å². The van der Waals surface area contributed by atoms with Crippen LogP contribution in [0, 0.1) is 0 Å². The molecule has 1 heterocycles. The first-order valence-electron chi connectivity index (χ1n) is 4.75. The number of aromatic nitrogens is 2. The second-order valence-electron chi connectivity index (χ2n) is 3.19. The maximum Gasteiger partial charge on any atom is 0.236 e. The molecule has 2 aromatic rings. The van der Waals surface area contributed by atoms with Gasteiger partial charge < -0.3 is 17.0 Å². The molecular formula is C12H11BrN2O. The van der Waals surface area contributed by atoms with E-state index in [0.717, 1.165) is 5.56 Å². The van der Waals surface area contributed by atoms with Crippen molar-refractivity contribution in [2.24, 2.45) is 0 Å². The highest BCUT2D eigenvalue weighted by Gasteiger charge is 2.11. The fraction of sp³-hybridized carbons (Fsp3) is 0.0833. The van der Waals surface area contributed by atoms with Gasteiger partial charge in [0.15, 0.2) is 6.20 Å². The summed E-state index contributed by atoms with van der Waals surface area (Å²) >= 11 is 0. The summed E-state index contributed by atoms with van der Waals surface area (Å²) < 4.78 is 1.62. The normalized spacial score (nSPS) is 9.25. The minimum Gasteiger partial charge on any atom is -1.00 e. The van der Waals surface area contributed by atoms with Crippen LogP contribution in [-0.4, -0.2) is 10.9 Å². The average Bonchev–Trinajstić information content (AvgIpc) is 2.31. The first-order chi connectivity index (χ1) is 7.36. The van der Waals surface area contributed by atoms with Crippen molar-refractivity contribution in [1.29, 1.82) is 0 Å². The molecule has 0 atom stereocenters. The minimum atomic E-state index is 0. The third-order valence-electron chi connectivity index (χ3n) is 2.07. The third kappa shape index (κ3) is 3.24. The first kappa shape index (κ1) is 12.5. The molecule has 0 radical (unpaired) electrons. The Bertz CT molecular complexity index is 445. The molecule has 0 amide bonds. The molecule has 0 aliphatic carbocycles. The van der Waals surface area contributed by atoms with Gasteiger partial charge in [0.05, 0.1) is 6.20 Å². The summed E-state index contributed by atoms with van der Waals surface area (Å²) in [5.74, 6) is 0.0688. The zero-order chi connectivity index (χ0) is 10.5. The minimum absolute atomic E-state index is 0. The molecular weight excluding hydrogens is 268 g/mol. The maximum atomic E-state index is 11.8. The number of halogens is 1. The van der Waals surface area contributed by atoms with Crippen LogP contribution in [0.15, 0.2) is 54.9 Å². The lowest BCUT2D eigenvalue weighted by atomic mass is 10.1. The Kier molecular flexibility index (Phi) is 4.79. The summed E-state index contributed by atoms with van der Waals surface area (Å²) in [4.78, 5) is 11.8. The Labute approximate surface area is 105 Å². The Morgan fingerprint density at radius 1 is 1.12 bits per heavy atom. The molecule has 0 bridgehead atoms. The van der Waals surface area contributed by atoms with E-state index in [-0.39, 0.29) is 29.3 Å². The third-order valence-corrected chi connectivity index (χ3v) is 2.07. The molecule has 16 heavy (non-hydrogen) atoms. The molecule has 3 nitrogen and oxygen atoms in total. The average molecular weight is 279 g/mol. The van der Waals surface area contributed by atoms with E-state index in [2.05, 4.69) is 5.10 Å². The van der Waals surface area contributed by atoms with Crippen LogP contribution in [0.2, 0.25) is 0 Å². The van der Waals surface area contributed by atoms with E-state index in [1.54, 1.807) is 17.1 Å². The van der Waals surface area contributed by atoms with Crippen LogP contribution in [0.5, 0.6) is 0 Å². The van der Waals surface area contributed by atoms with Gasteiger partial charge in [-0.05, 0) is 11.2 Å². The number of rotatable bonds is 3. The van der Waals surface area contributed by atoms with E-state index in [1.165, 1.54) is 0 Å². The molecule has 4 heteroatoms. The highest BCUT2D eigenvalue weighted by Crippen LogP contribution is 1.99. The number of benzene rings is 1. The summed E-state index contributed by atoms with van der Waals surface area (Å²) in [5.41, 5.74) is 0.718.